The van der Waals surface area contributed by atoms with E-state index in [0.29, 0.717) is 11.0 Å². The van der Waals surface area contributed by atoms with Gasteiger partial charge in [-0.2, -0.15) is 11.8 Å². The molecular formula is C12H18O2S. The lowest BCUT2D eigenvalue weighted by Gasteiger charge is -2.16. The molecule has 0 aromatic heterocycles. The SMILES string of the molecule is CCC(SCC(O)CO)c1ccccc1. The molecule has 0 radical (unpaired) electrons. The molecule has 2 nitrogen and oxygen atoms in total. The first-order valence-electron chi connectivity index (χ1n) is 5.23. The third kappa shape index (κ3) is 4.24. The fourth-order valence-electron chi connectivity index (χ4n) is 1.40. The topological polar surface area (TPSA) is 40.5 Å². The van der Waals surface area contributed by atoms with E-state index in [1.807, 2.05) is 18.2 Å². The maximum atomic E-state index is 9.28. The third-order valence-electron chi connectivity index (χ3n) is 2.24. The highest BCUT2D eigenvalue weighted by Crippen LogP contribution is 2.31. The maximum Gasteiger partial charge on any atom is 0.0861 e. The molecule has 0 aliphatic rings. The van der Waals surface area contributed by atoms with E-state index in [4.69, 9.17) is 5.11 Å². The summed E-state index contributed by atoms with van der Waals surface area (Å²) in [4.78, 5) is 0. The first kappa shape index (κ1) is 12.6. The third-order valence-corrected chi connectivity index (χ3v) is 3.83. The van der Waals surface area contributed by atoms with Gasteiger partial charge in [0.05, 0.1) is 12.7 Å². The molecule has 1 aromatic carbocycles. The molecule has 0 aliphatic heterocycles. The molecule has 84 valence electrons. The van der Waals surface area contributed by atoms with Gasteiger partial charge >= 0.3 is 0 Å². The molecular weight excluding hydrogens is 208 g/mol. The van der Waals surface area contributed by atoms with E-state index in [9.17, 15) is 5.11 Å². The van der Waals surface area contributed by atoms with Crippen LogP contribution >= 0.6 is 11.8 Å². The Labute approximate surface area is 95.3 Å². The van der Waals surface area contributed by atoms with Crippen LogP contribution in [0.2, 0.25) is 0 Å². The lowest BCUT2D eigenvalue weighted by atomic mass is 10.1. The minimum atomic E-state index is -0.604. The Kier molecular flexibility index (Phi) is 5.76. The van der Waals surface area contributed by atoms with Gasteiger partial charge in [0, 0.05) is 11.0 Å². The molecule has 0 spiro atoms. The van der Waals surface area contributed by atoms with E-state index in [1.165, 1.54) is 5.56 Å². The average Bonchev–Trinajstić information content (AvgIpc) is 2.31. The Morgan fingerprint density at radius 1 is 1.27 bits per heavy atom. The predicted molar refractivity (Wildman–Crippen MR) is 65.0 cm³/mol. The Bertz CT molecular complexity index is 264. The van der Waals surface area contributed by atoms with Crippen LogP contribution in [0.4, 0.5) is 0 Å². The highest BCUT2D eigenvalue weighted by Gasteiger charge is 2.11. The molecule has 3 heteroatoms. The van der Waals surface area contributed by atoms with Crippen molar-refractivity contribution in [3.05, 3.63) is 35.9 Å². The van der Waals surface area contributed by atoms with Gasteiger partial charge in [-0.15, -0.1) is 0 Å². The number of rotatable bonds is 6. The molecule has 0 aliphatic carbocycles. The highest BCUT2D eigenvalue weighted by atomic mass is 32.2. The molecule has 2 unspecified atom stereocenters. The van der Waals surface area contributed by atoms with Crippen LogP contribution in [-0.2, 0) is 0 Å². The molecule has 0 amide bonds. The normalized spacial score (nSPS) is 14.9. The van der Waals surface area contributed by atoms with Gasteiger partial charge in [0.1, 0.15) is 0 Å². The summed E-state index contributed by atoms with van der Waals surface area (Å²) >= 11 is 1.70. The minimum Gasteiger partial charge on any atom is -0.394 e. The summed E-state index contributed by atoms with van der Waals surface area (Å²) in [5, 5.41) is 18.4. The van der Waals surface area contributed by atoms with E-state index < -0.39 is 6.10 Å². The molecule has 2 atom stereocenters. The second-order valence-corrected chi connectivity index (χ2v) is 4.71. The lowest BCUT2D eigenvalue weighted by Crippen LogP contribution is -2.15. The summed E-state index contributed by atoms with van der Waals surface area (Å²) in [6.45, 7) is 1.98. The largest absolute Gasteiger partial charge is 0.394 e. The Morgan fingerprint density at radius 2 is 1.93 bits per heavy atom. The standard InChI is InChI=1S/C12H18O2S/c1-2-12(15-9-11(14)8-13)10-6-4-3-5-7-10/h3-7,11-14H,2,8-9H2,1H3. The van der Waals surface area contributed by atoms with E-state index in [2.05, 4.69) is 19.1 Å². The Morgan fingerprint density at radius 3 is 2.47 bits per heavy atom. The molecule has 2 N–H and O–H groups in total. The van der Waals surface area contributed by atoms with Crippen LogP contribution in [0.15, 0.2) is 30.3 Å². The summed E-state index contributed by atoms with van der Waals surface area (Å²) in [7, 11) is 0. The van der Waals surface area contributed by atoms with Gasteiger partial charge in [-0.1, -0.05) is 37.3 Å². The molecule has 1 rings (SSSR count). The lowest BCUT2D eigenvalue weighted by molar-refractivity contribution is 0.113. The van der Waals surface area contributed by atoms with Crippen LogP contribution in [0, 0.1) is 0 Å². The minimum absolute atomic E-state index is 0.155. The van der Waals surface area contributed by atoms with Crippen molar-refractivity contribution in [1.29, 1.82) is 0 Å². The zero-order chi connectivity index (χ0) is 11.1. The zero-order valence-electron chi connectivity index (χ0n) is 8.97. The number of aliphatic hydroxyl groups excluding tert-OH is 2. The van der Waals surface area contributed by atoms with Crippen molar-refractivity contribution in [2.75, 3.05) is 12.4 Å². The van der Waals surface area contributed by atoms with Crippen molar-refractivity contribution in [3.8, 4) is 0 Å². The Hall–Kier alpha value is -0.510. The van der Waals surface area contributed by atoms with Gasteiger partial charge in [0.15, 0.2) is 0 Å². The summed E-state index contributed by atoms with van der Waals surface area (Å²) < 4.78 is 0. The second kappa shape index (κ2) is 6.88. The second-order valence-electron chi connectivity index (χ2n) is 3.48. The first-order valence-corrected chi connectivity index (χ1v) is 6.28. The molecule has 0 saturated heterocycles. The van der Waals surface area contributed by atoms with Crippen molar-refractivity contribution in [2.45, 2.75) is 24.7 Å². The van der Waals surface area contributed by atoms with Gasteiger partial charge in [-0.25, -0.2) is 0 Å². The van der Waals surface area contributed by atoms with Crippen molar-refractivity contribution in [2.24, 2.45) is 0 Å². The quantitative estimate of drug-likeness (QED) is 0.781. The van der Waals surface area contributed by atoms with E-state index in [-0.39, 0.29) is 6.61 Å². The fraction of sp³-hybridized carbons (Fsp3) is 0.500. The number of aliphatic hydroxyl groups is 2. The number of benzene rings is 1. The molecule has 1 aromatic rings. The summed E-state index contributed by atoms with van der Waals surface area (Å²) in [6.07, 6.45) is 0.431. The summed E-state index contributed by atoms with van der Waals surface area (Å²) in [6, 6.07) is 10.3. The van der Waals surface area contributed by atoms with E-state index in [1.54, 1.807) is 11.8 Å². The monoisotopic (exact) mass is 226 g/mol. The van der Waals surface area contributed by atoms with Gasteiger partial charge in [-0.3, -0.25) is 0 Å². The zero-order valence-corrected chi connectivity index (χ0v) is 9.78. The van der Waals surface area contributed by atoms with Gasteiger partial charge in [0.25, 0.3) is 0 Å². The van der Waals surface area contributed by atoms with Crippen LogP contribution in [-0.4, -0.2) is 28.7 Å². The van der Waals surface area contributed by atoms with Gasteiger partial charge < -0.3 is 10.2 Å². The van der Waals surface area contributed by atoms with Gasteiger partial charge in [-0.05, 0) is 12.0 Å². The van der Waals surface area contributed by atoms with Crippen LogP contribution in [0.3, 0.4) is 0 Å². The van der Waals surface area contributed by atoms with Crippen molar-refractivity contribution in [1.82, 2.24) is 0 Å². The average molecular weight is 226 g/mol. The number of hydrogen-bond acceptors (Lipinski definition) is 3. The molecule has 0 fully saturated rings. The molecule has 0 bridgehead atoms. The molecule has 0 saturated carbocycles. The maximum absolute atomic E-state index is 9.28. The Balaban J connectivity index is 2.50. The van der Waals surface area contributed by atoms with Crippen LogP contribution in [0.5, 0.6) is 0 Å². The molecule has 15 heavy (non-hydrogen) atoms. The summed E-state index contributed by atoms with van der Waals surface area (Å²) in [5.41, 5.74) is 1.29. The van der Waals surface area contributed by atoms with Crippen molar-refractivity contribution in [3.63, 3.8) is 0 Å². The first-order chi connectivity index (χ1) is 7.27. The van der Waals surface area contributed by atoms with Crippen LogP contribution in [0.25, 0.3) is 0 Å². The van der Waals surface area contributed by atoms with Crippen LogP contribution in [0.1, 0.15) is 24.2 Å². The molecule has 0 heterocycles. The predicted octanol–water partition coefficient (Wildman–Crippen LogP) is 2.22. The van der Waals surface area contributed by atoms with E-state index in [0.717, 1.165) is 6.42 Å². The number of thioether (sulfide) groups is 1. The number of hydrogen-bond donors (Lipinski definition) is 2. The van der Waals surface area contributed by atoms with Crippen LogP contribution < -0.4 is 0 Å². The smallest absolute Gasteiger partial charge is 0.0861 e. The van der Waals surface area contributed by atoms with Crippen molar-refractivity contribution >= 4 is 11.8 Å². The van der Waals surface area contributed by atoms with E-state index >= 15 is 0 Å². The van der Waals surface area contributed by atoms with Gasteiger partial charge in [0.2, 0.25) is 0 Å². The van der Waals surface area contributed by atoms with Crippen molar-refractivity contribution < 1.29 is 10.2 Å². The highest BCUT2D eigenvalue weighted by molar-refractivity contribution is 7.99. The fourth-order valence-corrected chi connectivity index (χ4v) is 2.54. The summed E-state index contributed by atoms with van der Waals surface area (Å²) in [5.74, 6) is 0.587.